The van der Waals surface area contributed by atoms with E-state index in [2.05, 4.69) is 12.2 Å². The molecule has 0 saturated heterocycles. The Morgan fingerprint density at radius 1 is 0.885 bits per heavy atom. The van der Waals surface area contributed by atoms with Gasteiger partial charge in [0.25, 0.3) is 0 Å². The summed E-state index contributed by atoms with van der Waals surface area (Å²) in [5, 5.41) is 12.3. The normalized spacial score (nSPS) is 10.4. The highest BCUT2D eigenvalue weighted by Gasteiger charge is 2.12. The number of hydrogen-bond donors (Lipinski definition) is 2. The van der Waals surface area contributed by atoms with Gasteiger partial charge in [-0.2, -0.15) is 0 Å². The fourth-order valence-electron chi connectivity index (χ4n) is 2.39. The van der Waals surface area contributed by atoms with Crippen molar-refractivity contribution in [1.82, 2.24) is 0 Å². The summed E-state index contributed by atoms with van der Waals surface area (Å²) in [7, 11) is 0. The second kappa shape index (κ2) is 13.0. The highest BCUT2D eigenvalue weighted by Crippen LogP contribution is 2.21. The highest BCUT2D eigenvalue weighted by atomic mass is 16.5. The Kier molecular flexibility index (Phi) is 10.9. The second-order valence-corrected chi connectivity index (χ2v) is 6.29. The van der Waals surface area contributed by atoms with Gasteiger partial charge in [-0.15, -0.1) is 0 Å². The maximum Gasteiger partial charge on any atom is 0.411 e. The minimum absolute atomic E-state index is 0.124. The number of anilines is 1. The molecule has 6 heteroatoms. The van der Waals surface area contributed by atoms with E-state index in [0.717, 1.165) is 32.1 Å². The summed E-state index contributed by atoms with van der Waals surface area (Å²) in [4.78, 5) is 23.8. The molecule has 0 bridgehead atoms. The van der Waals surface area contributed by atoms with Crippen LogP contribution in [-0.4, -0.2) is 30.4 Å². The topological polar surface area (TPSA) is 84.9 Å². The number of aromatic hydroxyl groups is 1. The van der Waals surface area contributed by atoms with Crippen LogP contribution < -0.4 is 5.32 Å². The summed E-state index contributed by atoms with van der Waals surface area (Å²) in [5.74, 6) is -0.654. The fraction of sp³-hybridized carbons (Fsp3) is 0.600. The average molecular weight is 365 g/mol. The molecule has 0 fully saturated rings. The van der Waals surface area contributed by atoms with Crippen LogP contribution in [0.4, 0.5) is 10.5 Å². The van der Waals surface area contributed by atoms with Crippen molar-refractivity contribution in [1.29, 1.82) is 0 Å². The van der Waals surface area contributed by atoms with Gasteiger partial charge in [0, 0.05) is 11.8 Å². The number of hydrogen-bond acceptors (Lipinski definition) is 5. The quantitative estimate of drug-likeness (QED) is 0.390. The zero-order chi connectivity index (χ0) is 19.2. The van der Waals surface area contributed by atoms with Gasteiger partial charge in [0.2, 0.25) is 0 Å². The number of esters is 1. The van der Waals surface area contributed by atoms with Crippen LogP contribution in [0.1, 0.15) is 75.6 Å². The van der Waals surface area contributed by atoms with Crippen LogP contribution in [0, 0.1) is 0 Å². The van der Waals surface area contributed by atoms with Crippen LogP contribution in [0.3, 0.4) is 0 Å². The Morgan fingerprint density at radius 3 is 2.27 bits per heavy atom. The number of carbonyl (C=O) groups excluding carboxylic acids is 2. The Balaban J connectivity index is 2.41. The van der Waals surface area contributed by atoms with E-state index in [0.29, 0.717) is 18.9 Å². The molecule has 26 heavy (non-hydrogen) atoms. The third kappa shape index (κ3) is 9.30. The average Bonchev–Trinajstić information content (AvgIpc) is 2.60. The molecular formula is C20H31NO5. The Hall–Kier alpha value is -2.24. The first-order valence-electron chi connectivity index (χ1n) is 9.51. The Bertz CT molecular complexity index is 559. The predicted molar refractivity (Wildman–Crippen MR) is 102 cm³/mol. The minimum Gasteiger partial charge on any atom is -0.508 e. The van der Waals surface area contributed by atoms with E-state index in [1.54, 1.807) is 0 Å². The third-order valence-corrected chi connectivity index (χ3v) is 3.86. The predicted octanol–water partition coefficient (Wildman–Crippen LogP) is 5.26. The zero-order valence-electron chi connectivity index (χ0n) is 15.9. The molecule has 1 aromatic carbocycles. The lowest BCUT2D eigenvalue weighted by atomic mass is 10.1. The van der Waals surface area contributed by atoms with E-state index in [4.69, 9.17) is 9.47 Å². The molecule has 1 rings (SSSR count). The number of phenolic OH excluding ortho intramolecular Hbond substituents is 1. The van der Waals surface area contributed by atoms with Crippen molar-refractivity contribution in [3.8, 4) is 5.75 Å². The van der Waals surface area contributed by atoms with E-state index < -0.39 is 12.1 Å². The molecule has 0 atom stereocenters. The van der Waals surface area contributed by atoms with Crippen LogP contribution in [0.25, 0.3) is 0 Å². The van der Waals surface area contributed by atoms with E-state index in [9.17, 15) is 14.7 Å². The molecule has 6 nitrogen and oxygen atoms in total. The van der Waals surface area contributed by atoms with Crippen molar-refractivity contribution < 1.29 is 24.2 Å². The van der Waals surface area contributed by atoms with Gasteiger partial charge in [-0.05, 0) is 25.0 Å². The molecular weight excluding hydrogens is 334 g/mol. The molecule has 1 aromatic rings. The molecule has 0 aliphatic heterocycles. The van der Waals surface area contributed by atoms with Crippen LogP contribution in [0.5, 0.6) is 5.75 Å². The third-order valence-electron chi connectivity index (χ3n) is 3.86. The summed E-state index contributed by atoms with van der Waals surface area (Å²) < 4.78 is 10.2. The molecule has 0 aromatic heterocycles. The first kappa shape index (κ1) is 21.8. The molecule has 0 spiro atoms. The maximum atomic E-state index is 12.0. The van der Waals surface area contributed by atoms with E-state index >= 15 is 0 Å². The van der Waals surface area contributed by atoms with Crippen molar-refractivity contribution in [3.05, 3.63) is 23.8 Å². The maximum absolute atomic E-state index is 12.0. The second-order valence-electron chi connectivity index (χ2n) is 6.29. The lowest BCUT2D eigenvalue weighted by molar-refractivity contribution is 0.0499. The van der Waals surface area contributed by atoms with E-state index in [-0.39, 0.29) is 11.3 Å². The number of ether oxygens (including phenoxy) is 2. The van der Waals surface area contributed by atoms with Gasteiger partial charge < -0.3 is 14.6 Å². The largest absolute Gasteiger partial charge is 0.508 e. The summed E-state index contributed by atoms with van der Waals surface area (Å²) in [6.45, 7) is 4.85. The molecule has 0 unspecified atom stereocenters. The summed E-state index contributed by atoms with van der Waals surface area (Å²) >= 11 is 0. The van der Waals surface area contributed by atoms with Crippen molar-refractivity contribution in [3.63, 3.8) is 0 Å². The monoisotopic (exact) mass is 365 g/mol. The highest BCUT2D eigenvalue weighted by molar-refractivity contribution is 5.93. The summed E-state index contributed by atoms with van der Waals surface area (Å²) in [6, 6.07) is 4.12. The number of rotatable bonds is 12. The Morgan fingerprint density at radius 2 is 1.54 bits per heavy atom. The van der Waals surface area contributed by atoms with Crippen LogP contribution >= 0.6 is 0 Å². The van der Waals surface area contributed by atoms with Crippen molar-refractivity contribution >= 4 is 17.7 Å². The zero-order valence-corrected chi connectivity index (χ0v) is 15.9. The fourth-order valence-corrected chi connectivity index (χ4v) is 2.39. The standard InChI is InChI=1S/C20H31NO5/c1-3-5-7-8-9-10-12-26-20(24)21-17-13-16(14-18(22)15-17)19(23)25-11-6-4-2/h13-15,22H,3-12H2,1-2H3,(H,21,24). The van der Waals surface area contributed by atoms with Crippen molar-refractivity contribution in [2.75, 3.05) is 18.5 Å². The van der Waals surface area contributed by atoms with Gasteiger partial charge in [-0.25, -0.2) is 9.59 Å². The first-order chi connectivity index (χ1) is 12.6. The van der Waals surface area contributed by atoms with E-state index in [1.165, 1.54) is 37.5 Å². The number of unbranched alkanes of at least 4 members (excludes halogenated alkanes) is 6. The van der Waals surface area contributed by atoms with Crippen LogP contribution in [0.15, 0.2) is 18.2 Å². The Labute approximate surface area is 155 Å². The smallest absolute Gasteiger partial charge is 0.411 e. The van der Waals surface area contributed by atoms with Crippen LogP contribution in [-0.2, 0) is 9.47 Å². The molecule has 0 aliphatic rings. The van der Waals surface area contributed by atoms with Gasteiger partial charge in [0.05, 0.1) is 18.8 Å². The molecule has 0 radical (unpaired) electrons. The van der Waals surface area contributed by atoms with Crippen LogP contribution in [0.2, 0.25) is 0 Å². The first-order valence-corrected chi connectivity index (χ1v) is 9.51. The van der Waals surface area contributed by atoms with Gasteiger partial charge in [0.1, 0.15) is 5.75 Å². The molecule has 0 heterocycles. The number of phenols is 1. The van der Waals surface area contributed by atoms with Gasteiger partial charge >= 0.3 is 12.1 Å². The summed E-state index contributed by atoms with van der Waals surface area (Å²) in [6.07, 6.45) is 7.76. The molecule has 146 valence electrons. The summed E-state index contributed by atoms with van der Waals surface area (Å²) in [5.41, 5.74) is 0.479. The lowest BCUT2D eigenvalue weighted by Crippen LogP contribution is -2.15. The molecule has 0 saturated carbocycles. The molecule has 0 aliphatic carbocycles. The van der Waals surface area contributed by atoms with E-state index in [1.807, 2.05) is 6.92 Å². The van der Waals surface area contributed by atoms with Crippen molar-refractivity contribution in [2.24, 2.45) is 0 Å². The van der Waals surface area contributed by atoms with Gasteiger partial charge in [0.15, 0.2) is 0 Å². The number of amides is 1. The molecule has 2 N–H and O–H groups in total. The SMILES string of the molecule is CCCCCCCCOC(=O)Nc1cc(O)cc(C(=O)OCCCC)c1. The number of carbonyl (C=O) groups is 2. The van der Waals surface area contributed by atoms with Crippen molar-refractivity contribution in [2.45, 2.75) is 65.2 Å². The minimum atomic E-state index is -0.602. The molecule has 1 amide bonds. The number of benzene rings is 1. The van der Waals surface area contributed by atoms with Gasteiger partial charge in [-0.3, -0.25) is 5.32 Å². The lowest BCUT2D eigenvalue weighted by Gasteiger charge is -2.09. The number of nitrogens with one attached hydrogen (secondary N) is 1. The van der Waals surface area contributed by atoms with Gasteiger partial charge in [-0.1, -0.05) is 52.4 Å².